The van der Waals surface area contributed by atoms with Crippen LogP contribution in [0, 0.1) is 6.92 Å². The van der Waals surface area contributed by atoms with E-state index >= 15 is 0 Å². The normalized spacial score (nSPS) is 10.2. The number of Topliss-reactive ketones (excluding diaryl/α,β-unsaturated/α-hetero) is 1. The molecule has 2 rings (SSSR count). The van der Waals surface area contributed by atoms with Gasteiger partial charge < -0.3 is 4.74 Å². The number of carbonyl (C=O) groups is 1. The highest BCUT2D eigenvalue weighted by atomic mass is 16.5. The zero-order valence-corrected chi connectivity index (χ0v) is 11.2. The molecule has 3 nitrogen and oxygen atoms in total. The number of methoxy groups -OCH3 is 1. The number of nitrogens with zero attached hydrogens (tertiary/aromatic N) is 1. The smallest absolute Gasteiger partial charge is 0.164 e. The third kappa shape index (κ3) is 3.41. The third-order valence-electron chi connectivity index (χ3n) is 3.15. The lowest BCUT2D eigenvalue weighted by atomic mass is 10.0. The van der Waals surface area contributed by atoms with Gasteiger partial charge in [0, 0.05) is 18.2 Å². The van der Waals surface area contributed by atoms with E-state index in [1.165, 1.54) is 11.1 Å². The van der Waals surface area contributed by atoms with Crippen molar-refractivity contribution >= 4 is 5.78 Å². The molecular weight excluding hydrogens is 238 g/mol. The van der Waals surface area contributed by atoms with Crippen molar-refractivity contribution in [2.75, 3.05) is 7.11 Å². The fourth-order valence-electron chi connectivity index (χ4n) is 1.97. The van der Waals surface area contributed by atoms with E-state index in [-0.39, 0.29) is 5.78 Å². The van der Waals surface area contributed by atoms with E-state index in [4.69, 9.17) is 4.74 Å². The van der Waals surface area contributed by atoms with Gasteiger partial charge in [-0.15, -0.1) is 0 Å². The number of aromatic nitrogens is 1. The van der Waals surface area contributed by atoms with Crippen LogP contribution in [-0.4, -0.2) is 17.9 Å². The monoisotopic (exact) mass is 255 g/mol. The number of rotatable bonds is 5. The molecule has 0 saturated heterocycles. The Morgan fingerprint density at radius 1 is 1.26 bits per heavy atom. The molecule has 0 aliphatic heterocycles. The Hall–Kier alpha value is -2.16. The number of benzene rings is 1. The first-order chi connectivity index (χ1) is 9.20. The van der Waals surface area contributed by atoms with Crippen molar-refractivity contribution in [2.45, 2.75) is 19.8 Å². The lowest BCUT2D eigenvalue weighted by Gasteiger charge is -2.06. The summed E-state index contributed by atoms with van der Waals surface area (Å²) in [5.74, 6) is 0.705. The maximum absolute atomic E-state index is 12.1. The molecule has 1 aromatic heterocycles. The fourth-order valence-corrected chi connectivity index (χ4v) is 1.97. The standard InChI is InChI=1S/C16H17NO2/c1-12-5-3-4-6-13(12)7-8-16(18)14-9-15(19-2)11-17-10-14/h3-6,9-11H,7-8H2,1-2H3. The summed E-state index contributed by atoms with van der Waals surface area (Å²) in [6, 6.07) is 9.86. The molecule has 3 heteroatoms. The molecule has 0 aliphatic carbocycles. The number of pyridine rings is 1. The van der Waals surface area contributed by atoms with Crippen LogP contribution < -0.4 is 4.74 Å². The Bertz CT molecular complexity index is 578. The van der Waals surface area contributed by atoms with Crippen molar-refractivity contribution in [3.63, 3.8) is 0 Å². The van der Waals surface area contributed by atoms with Gasteiger partial charge in [-0.05, 0) is 30.5 Å². The number of carbonyl (C=O) groups excluding carboxylic acids is 1. The molecule has 0 radical (unpaired) electrons. The van der Waals surface area contributed by atoms with Gasteiger partial charge in [-0.3, -0.25) is 9.78 Å². The van der Waals surface area contributed by atoms with Crippen LogP contribution in [0.1, 0.15) is 27.9 Å². The number of hydrogen-bond donors (Lipinski definition) is 0. The van der Waals surface area contributed by atoms with Crippen molar-refractivity contribution in [2.24, 2.45) is 0 Å². The van der Waals surface area contributed by atoms with E-state index in [1.54, 1.807) is 25.6 Å². The second-order valence-corrected chi connectivity index (χ2v) is 4.46. The number of hydrogen-bond acceptors (Lipinski definition) is 3. The highest BCUT2D eigenvalue weighted by Gasteiger charge is 2.08. The molecule has 0 amide bonds. The zero-order valence-electron chi connectivity index (χ0n) is 11.2. The second-order valence-electron chi connectivity index (χ2n) is 4.46. The van der Waals surface area contributed by atoms with Crippen LogP contribution in [0.4, 0.5) is 0 Å². The fraction of sp³-hybridized carbons (Fsp3) is 0.250. The summed E-state index contributed by atoms with van der Waals surface area (Å²) in [5.41, 5.74) is 3.04. The van der Waals surface area contributed by atoms with E-state index in [0.29, 0.717) is 17.7 Å². The van der Waals surface area contributed by atoms with Crippen LogP contribution in [0.2, 0.25) is 0 Å². The minimum Gasteiger partial charge on any atom is -0.495 e. The summed E-state index contributed by atoms with van der Waals surface area (Å²) in [6.07, 6.45) is 4.42. The van der Waals surface area contributed by atoms with Crippen molar-refractivity contribution in [3.05, 3.63) is 59.4 Å². The van der Waals surface area contributed by atoms with Crippen molar-refractivity contribution in [1.29, 1.82) is 0 Å². The van der Waals surface area contributed by atoms with Gasteiger partial charge in [-0.2, -0.15) is 0 Å². The van der Waals surface area contributed by atoms with E-state index in [9.17, 15) is 4.79 Å². The average molecular weight is 255 g/mol. The Labute approximate surface area is 113 Å². The maximum atomic E-state index is 12.1. The Balaban J connectivity index is 2.03. The van der Waals surface area contributed by atoms with Gasteiger partial charge in [0.1, 0.15) is 5.75 Å². The summed E-state index contributed by atoms with van der Waals surface area (Å²) in [5, 5.41) is 0. The van der Waals surface area contributed by atoms with Crippen LogP contribution in [0.15, 0.2) is 42.7 Å². The summed E-state index contributed by atoms with van der Waals surface area (Å²) in [7, 11) is 1.57. The van der Waals surface area contributed by atoms with Crippen LogP contribution in [0.25, 0.3) is 0 Å². The predicted molar refractivity (Wildman–Crippen MR) is 74.6 cm³/mol. The minimum absolute atomic E-state index is 0.0923. The van der Waals surface area contributed by atoms with E-state index in [2.05, 4.69) is 24.0 Å². The molecule has 0 bridgehead atoms. The van der Waals surface area contributed by atoms with Crippen molar-refractivity contribution in [1.82, 2.24) is 4.98 Å². The first-order valence-corrected chi connectivity index (χ1v) is 6.27. The summed E-state index contributed by atoms with van der Waals surface area (Å²) >= 11 is 0. The highest BCUT2D eigenvalue weighted by molar-refractivity contribution is 5.96. The van der Waals surface area contributed by atoms with Gasteiger partial charge in [0.2, 0.25) is 0 Å². The molecule has 0 spiro atoms. The number of ketones is 1. The molecule has 1 aromatic carbocycles. The quantitative estimate of drug-likeness (QED) is 0.770. The van der Waals surface area contributed by atoms with E-state index in [1.807, 2.05) is 12.1 Å². The van der Waals surface area contributed by atoms with Gasteiger partial charge in [0.25, 0.3) is 0 Å². The average Bonchev–Trinajstić information content (AvgIpc) is 2.46. The molecule has 0 atom stereocenters. The van der Waals surface area contributed by atoms with Crippen LogP contribution in [0.5, 0.6) is 5.75 Å². The lowest BCUT2D eigenvalue weighted by Crippen LogP contribution is -2.03. The second kappa shape index (κ2) is 6.14. The largest absolute Gasteiger partial charge is 0.495 e. The molecule has 19 heavy (non-hydrogen) atoms. The Morgan fingerprint density at radius 2 is 2.05 bits per heavy atom. The maximum Gasteiger partial charge on any atom is 0.164 e. The molecular formula is C16H17NO2. The van der Waals surface area contributed by atoms with Gasteiger partial charge in [-0.1, -0.05) is 24.3 Å². The van der Waals surface area contributed by atoms with Crippen LogP contribution >= 0.6 is 0 Å². The summed E-state index contributed by atoms with van der Waals surface area (Å²) in [4.78, 5) is 16.1. The van der Waals surface area contributed by atoms with Gasteiger partial charge >= 0.3 is 0 Å². The van der Waals surface area contributed by atoms with Crippen LogP contribution in [0.3, 0.4) is 0 Å². The van der Waals surface area contributed by atoms with Gasteiger partial charge in [0.05, 0.1) is 13.3 Å². The molecule has 0 unspecified atom stereocenters. The van der Waals surface area contributed by atoms with E-state index < -0.39 is 0 Å². The highest BCUT2D eigenvalue weighted by Crippen LogP contribution is 2.15. The molecule has 0 N–H and O–H groups in total. The van der Waals surface area contributed by atoms with Crippen LogP contribution in [-0.2, 0) is 6.42 Å². The zero-order chi connectivity index (χ0) is 13.7. The lowest BCUT2D eigenvalue weighted by molar-refractivity contribution is 0.0982. The first kappa shape index (κ1) is 13.3. The first-order valence-electron chi connectivity index (χ1n) is 6.27. The third-order valence-corrected chi connectivity index (χ3v) is 3.15. The van der Waals surface area contributed by atoms with Crippen molar-refractivity contribution < 1.29 is 9.53 Å². The SMILES string of the molecule is COc1cncc(C(=O)CCc2ccccc2C)c1. The Kier molecular flexibility index (Phi) is 4.29. The van der Waals surface area contributed by atoms with E-state index in [0.717, 1.165) is 6.42 Å². The summed E-state index contributed by atoms with van der Waals surface area (Å²) < 4.78 is 5.07. The van der Waals surface area contributed by atoms with Gasteiger partial charge in [-0.25, -0.2) is 0 Å². The predicted octanol–water partition coefficient (Wildman–Crippen LogP) is 3.21. The molecule has 0 fully saturated rings. The molecule has 1 heterocycles. The molecule has 2 aromatic rings. The molecule has 98 valence electrons. The minimum atomic E-state index is 0.0923. The number of aryl methyl sites for hydroxylation is 2. The number of ether oxygens (including phenoxy) is 1. The molecule has 0 aliphatic rings. The topological polar surface area (TPSA) is 39.2 Å². The van der Waals surface area contributed by atoms with Crippen molar-refractivity contribution in [3.8, 4) is 5.75 Å². The molecule has 0 saturated carbocycles. The van der Waals surface area contributed by atoms with Gasteiger partial charge in [0.15, 0.2) is 5.78 Å². The Morgan fingerprint density at radius 3 is 2.79 bits per heavy atom. The summed E-state index contributed by atoms with van der Waals surface area (Å²) in [6.45, 7) is 2.06.